The second-order valence-corrected chi connectivity index (χ2v) is 6.28. The van der Waals surface area contributed by atoms with E-state index in [2.05, 4.69) is 33.8 Å². The molecule has 0 atom stereocenters. The number of hydrogen-bond donors (Lipinski definition) is 1. The van der Waals surface area contributed by atoms with Crippen LogP contribution in [-0.2, 0) is 11.8 Å². The summed E-state index contributed by atoms with van der Waals surface area (Å²) in [5.74, 6) is 0. The van der Waals surface area contributed by atoms with E-state index in [1.54, 1.807) is 0 Å². The van der Waals surface area contributed by atoms with Crippen LogP contribution in [0.3, 0.4) is 0 Å². The average Bonchev–Trinajstić information content (AvgIpc) is 2.35. The monoisotopic (exact) mass is 272 g/mol. The molecule has 2 aromatic rings. The van der Waals surface area contributed by atoms with Crippen molar-refractivity contribution in [3.8, 4) is 0 Å². The van der Waals surface area contributed by atoms with Gasteiger partial charge in [-0.3, -0.25) is 4.98 Å². The Morgan fingerprint density at radius 2 is 2.00 bits per heavy atom. The number of hydrogen-bond acceptors (Lipinski definition) is 2. The van der Waals surface area contributed by atoms with Crippen LogP contribution in [-0.4, -0.2) is 9.97 Å². The van der Waals surface area contributed by atoms with E-state index in [1.165, 1.54) is 5.56 Å². The SMILES string of the molecule is CCc1cccc2c(C(N)=S)cc(C(C)(C)C)nc12. The number of aryl methyl sites for hydroxylation is 1. The summed E-state index contributed by atoms with van der Waals surface area (Å²) in [6.45, 7) is 8.60. The molecule has 0 aliphatic carbocycles. The molecular weight excluding hydrogens is 252 g/mol. The van der Waals surface area contributed by atoms with Crippen LogP contribution < -0.4 is 5.73 Å². The van der Waals surface area contributed by atoms with Gasteiger partial charge in [-0.25, -0.2) is 0 Å². The Hall–Kier alpha value is -1.48. The number of pyridine rings is 1. The summed E-state index contributed by atoms with van der Waals surface area (Å²) in [7, 11) is 0. The molecule has 0 amide bonds. The van der Waals surface area contributed by atoms with Crippen LogP contribution in [0, 0.1) is 0 Å². The number of rotatable bonds is 2. The molecule has 19 heavy (non-hydrogen) atoms. The summed E-state index contributed by atoms with van der Waals surface area (Å²) in [5.41, 5.74) is 10.1. The van der Waals surface area contributed by atoms with Crippen molar-refractivity contribution < 1.29 is 0 Å². The molecule has 3 heteroatoms. The molecule has 1 aromatic heterocycles. The highest BCUT2D eigenvalue weighted by molar-refractivity contribution is 7.80. The third kappa shape index (κ3) is 2.61. The minimum atomic E-state index is -0.0193. The van der Waals surface area contributed by atoms with E-state index in [0.29, 0.717) is 4.99 Å². The van der Waals surface area contributed by atoms with Gasteiger partial charge in [0.2, 0.25) is 0 Å². The quantitative estimate of drug-likeness (QED) is 0.847. The number of para-hydroxylation sites is 1. The summed E-state index contributed by atoms with van der Waals surface area (Å²) in [6, 6.07) is 8.24. The maximum absolute atomic E-state index is 5.89. The lowest BCUT2D eigenvalue weighted by atomic mass is 9.89. The highest BCUT2D eigenvalue weighted by Gasteiger charge is 2.19. The maximum Gasteiger partial charge on any atom is 0.104 e. The second-order valence-electron chi connectivity index (χ2n) is 5.84. The molecule has 0 aliphatic heterocycles. The number of aromatic nitrogens is 1. The van der Waals surface area contributed by atoms with Gasteiger partial charge in [0.05, 0.1) is 5.52 Å². The molecular formula is C16H20N2S. The summed E-state index contributed by atoms with van der Waals surface area (Å²) < 4.78 is 0. The van der Waals surface area contributed by atoms with Crippen LogP contribution in [0.15, 0.2) is 24.3 Å². The van der Waals surface area contributed by atoms with Gasteiger partial charge in [-0.15, -0.1) is 0 Å². The Morgan fingerprint density at radius 1 is 1.32 bits per heavy atom. The van der Waals surface area contributed by atoms with Gasteiger partial charge in [-0.05, 0) is 18.1 Å². The number of fused-ring (bicyclic) bond motifs is 1. The van der Waals surface area contributed by atoms with E-state index in [9.17, 15) is 0 Å². The highest BCUT2D eigenvalue weighted by Crippen LogP contribution is 2.28. The number of nitrogens with two attached hydrogens (primary N) is 1. The van der Waals surface area contributed by atoms with Crippen LogP contribution in [0.4, 0.5) is 0 Å². The van der Waals surface area contributed by atoms with Crippen LogP contribution in [0.5, 0.6) is 0 Å². The van der Waals surface area contributed by atoms with Crippen molar-refractivity contribution >= 4 is 28.1 Å². The molecule has 0 fully saturated rings. The highest BCUT2D eigenvalue weighted by atomic mass is 32.1. The van der Waals surface area contributed by atoms with E-state index in [-0.39, 0.29) is 5.41 Å². The fraction of sp³-hybridized carbons (Fsp3) is 0.375. The molecule has 0 unspecified atom stereocenters. The van der Waals surface area contributed by atoms with E-state index < -0.39 is 0 Å². The first kappa shape index (κ1) is 13.9. The van der Waals surface area contributed by atoms with E-state index >= 15 is 0 Å². The van der Waals surface area contributed by atoms with Crippen molar-refractivity contribution in [1.82, 2.24) is 4.98 Å². The minimum Gasteiger partial charge on any atom is -0.389 e. The largest absolute Gasteiger partial charge is 0.389 e. The van der Waals surface area contributed by atoms with Crippen LogP contribution >= 0.6 is 12.2 Å². The summed E-state index contributed by atoms with van der Waals surface area (Å²) in [5, 5.41) is 1.06. The molecule has 100 valence electrons. The second kappa shape index (κ2) is 4.89. The first-order chi connectivity index (χ1) is 8.84. The molecule has 2 rings (SSSR count). The maximum atomic E-state index is 5.89. The first-order valence-electron chi connectivity index (χ1n) is 6.57. The smallest absolute Gasteiger partial charge is 0.104 e. The number of thiocarbonyl (C=S) groups is 1. The third-order valence-electron chi connectivity index (χ3n) is 3.34. The Bertz CT molecular complexity index is 639. The van der Waals surface area contributed by atoms with Crippen LogP contribution in [0.1, 0.15) is 44.5 Å². The van der Waals surface area contributed by atoms with Crippen LogP contribution in [0.2, 0.25) is 0 Å². The van der Waals surface area contributed by atoms with E-state index in [1.807, 2.05) is 18.2 Å². The first-order valence-corrected chi connectivity index (χ1v) is 6.98. The third-order valence-corrected chi connectivity index (χ3v) is 3.56. The average molecular weight is 272 g/mol. The van der Waals surface area contributed by atoms with Gasteiger partial charge in [0.25, 0.3) is 0 Å². The van der Waals surface area contributed by atoms with Gasteiger partial charge in [0, 0.05) is 22.1 Å². The van der Waals surface area contributed by atoms with Crippen LogP contribution in [0.25, 0.3) is 10.9 Å². The van der Waals surface area contributed by atoms with E-state index in [0.717, 1.165) is 28.6 Å². The molecule has 0 saturated carbocycles. The van der Waals surface area contributed by atoms with Crippen molar-refractivity contribution in [2.24, 2.45) is 5.73 Å². The zero-order valence-electron chi connectivity index (χ0n) is 11.9. The van der Waals surface area contributed by atoms with E-state index in [4.69, 9.17) is 22.9 Å². The topological polar surface area (TPSA) is 38.9 Å². The molecule has 0 bridgehead atoms. The zero-order chi connectivity index (χ0) is 14.2. The van der Waals surface area contributed by atoms with Crippen molar-refractivity contribution in [1.29, 1.82) is 0 Å². The van der Waals surface area contributed by atoms with Gasteiger partial charge in [0.1, 0.15) is 4.99 Å². The zero-order valence-corrected chi connectivity index (χ0v) is 12.8. The predicted octanol–water partition coefficient (Wildman–Crippen LogP) is 3.73. The Kier molecular flexibility index (Phi) is 3.59. The lowest BCUT2D eigenvalue weighted by Crippen LogP contribution is -2.18. The molecule has 0 radical (unpaired) electrons. The standard InChI is InChI=1S/C16H20N2S/c1-5-10-7-6-8-11-12(15(17)19)9-13(16(2,3)4)18-14(10)11/h6-9H,5H2,1-4H3,(H2,17,19). The molecule has 0 saturated heterocycles. The molecule has 2 N–H and O–H groups in total. The number of nitrogens with zero attached hydrogens (tertiary/aromatic N) is 1. The lowest BCUT2D eigenvalue weighted by Gasteiger charge is -2.20. The lowest BCUT2D eigenvalue weighted by molar-refractivity contribution is 0.571. The summed E-state index contributed by atoms with van der Waals surface area (Å²) in [6.07, 6.45) is 0.953. The van der Waals surface area contributed by atoms with Crippen molar-refractivity contribution in [3.63, 3.8) is 0 Å². The Balaban J connectivity index is 2.88. The molecule has 0 aliphatic rings. The normalized spacial score (nSPS) is 11.8. The Labute approximate surface area is 120 Å². The van der Waals surface area contributed by atoms with Crippen molar-refractivity contribution in [2.45, 2.75) is 39.5 Å². The van der Waals surface area contributed by atoms with Gasteiger partial charge in [-0.2, -0.15) is 0 Å². The summed E-state index contributed by atoms with van der Waals surface area (Å²) in [4.78, 5) is 5.28. The number of benzene rings is 1. The molecule has 1 aromatic carbocycles. The van der Waals surface area contributed by atoms with Crippen molar-refractivity contribution in [2.75, 3.05) is 0 Å². The summed E-state index contributed by atoms with van der Waals surface area (Å²) >= 11 is 5.20. The van der Waals surface area contributed by atoms with Gasteiger partial charge in [0.15, 0.2) is 0 Å². The molecule has 1 heterocycles. The Morgan fingerprint density at radius 3 is 2.53 bits per heavy atom. The van der Waals surface area contributed by atoms with Crippen molar-refractivity contribution in [3.05, 3.63) is 41.1 Å². The minimum absolute atomic E-state index is 0.0193. The fourth-order valence-corrected chi connectivity index (χ4v) is 2.35. The van der Waals surface area contributed by atoms with Gasteiger partial charge >= 0.3 is 0 Å². The van der Waals surface area contributed by atoms with Gasteiger partial charge < -0.3 is 5.73 Å². The molecule has 2 nitrogen and oxygen atoms in total. The van der Waals surface area contributed by atoms with Gasteiger partial charge in [-0.1, -0.05) is 58.1 Å². The fourth-order valence-electron chi connectivity index (χ4n) is 2.18. The predicted molar refractivity (Wildman–Crippen MR) is 85.7 cm³/mol. The molecule has 0 spiro atoms.